The Kier molecular flexibility index (Phi) is 3.42. The van der Waals surface area contributed by atoms with E-state index in [1.165, 1.54) is 5.41 Å². The van der Waals surface area contributed by atoms with Gasteiger partial charge in [-0.25, -0.2) is 13.1 Å². The van der Waals surface area contributed by atoms with E-state index in [-0.39, 0.29) is 11.8 Å². The van der Waals surface area contributed by atoms with Gasteiger partial charge in [0.2, 0.25) is 0 Å². The molecule has 0 saturated heterocycles. The third-order valence-electron chi connectivity index (χ3n) is 3.14. The van der Waals surface area contributed by atoms with E-state index in [0.29, 0.717) is 6.54 Å². The van der Waals surface area contributed by atoms with Crippen molar-refractivity contribution in [1.82, 2.24) is 15.1 Å². The first-order valence-electron chi connectivity index (χ1n) is 6.37. The summed E-state index contributed by atoms with van der Waals surface area (Å²) in [6.07, 6.45) is 3.58. The lowest BCUT2D eigenvalue weighted by atomic mass is 10.3. The van der Waals surface area contributed by atoms with Crippen molar-refractivity contribution in [2.75, 3.05) is 5.75 Å². The van der Waals surface area contributed by atoms with E-state index >= 15 is 0 Å². The fourth-order valence-electron chi connectivity index (χ4n) is 2.12. The molecule has 1 atom stereocenters. The van der Waals surface area contributed by atoms with E-state index in [2.05, 4.69) is 10.4 Å². The van der Waals surface area contributed by atoms with Crippen LogP contribution in [0, 0.1) is 0 Å². The number of hydrogen-bond donors (Lipinski definition) is 1. The Bertz CT molecular complexity index is 720. The van der Waals surface area contributed by atoms with Crippen molar-refractivity contribution >= 4 is 9.84 Å². The molecule has 0 saturated carbocycles. The number of aromatic nitrogens is 2. The molecule has 0 aliphatic carbocycles. The molecule has 0 amide bonds. The van der Waals surface area contributed by atoms with E-state index in [9.17, 15) is 8.42 Å². The second kappa shape index (κ2) is 5.22. The summed E-state index contributed by atoms with van der Waals surface area (Å²) in [6.45, 7) is 0.546. The summed E-state index contributed by atoms with van der Waals surface area (Å²) in [5.74, 6) is 0.131. The second-order valence-electron chi connectivity index (χ2n) is 4.73. The predicted molar refractivity (Wildman–Crippen MR) is 77.1 cm³/mol. The molecule has 3 rings (SSSR count). The van der Waals surface area contributed by atoms with Crippen LogP contribution >= 0.6 is 0 Å². The van der Waals surface area contributed by atoms with Crippen LogP contribution in [0.4, 0.5) is 0 Å². The Morgan fingerprint density at radius 1 is 1.25 bits per heavy atom. The van der Waals surface area contributed by atoms with Gasteiger partial charge in [0.05, 0.1) is 17.1 Å². The van der Waals surface area contributed by atoms with Gasteiger partial charge >= 0.3 is 0 Å². The Balaban J connectivity index is 1.63. The third-order valence-corrected chi connectivity index (χ3v) is 4.54. The first-order chi connectivity index (χ1) is 9.62. The second-order valence-corrected chi connectivity index (χ2v) is 6.66. The first-order valence-corrected chi connectivity index (χ1v) is 8.08. The lowest BCUT2D eigenvalue weighted by Gasteiger charge is -2.07. The topological polar surface area (TPSA) is 64.0 Å². The van der Waals surface area contributed by atoms with Gasteiger partial charge in [0.15, 0.2) is 9.84 Å². The van der Waals surface area contributed by atoms with Crippen LogP contribution in [0.2, 0.25) is 0 Å². The van der Waals surface area contributed by atoms with Crippen LogP contribution in [0.3, 0.4) is 0 Å². The largest absolute Gasteiger partial charge is 0.304 e. The molecule has 5 nitrogen and oxygen atoms in total. The summed E-state index contributed by atoms with van der Waals surface area (Å²) in [7, 11) is -3.01. The van der Waals surface area contributed by atoms with Crippen LogP contribution in [0.15, 0.2) is 54.1 Å². The van der Waals surface area contributed by atoms with E-state index < -0.39 is 9.84 Å². The van der Waals surface area contributed by atoms with Gasteiger partial charge in [-0.05, 0) is 18.2 Å². The molecule has 1 aromatic carbocycles. The molecule has 0 radical (unpaired) electrons. The minimum absolute atomic E-state index is 0.123. The van der Waals surface area contributed by atoms with E-state index in [0.717, 1.165) is 11.4 Å². The number of hydrogen-bond acceptors (Lipinski definition) is 4. The molecule has 0 spiro atoms. The zero-order valence-electron chi connectivity index (χ0n) is 10.8. The average Bonchev–Trinajstić information content (AvgIpc) is 3.04. The molecule has 1 aromatic heterocycles. The minimum Gasteiger partial charge on any atom is -0.304 e. The lowest BCUT2D eigenvalue weighted by molar-refractivity contribution is 0.587. The highest BCUT2D eigenvalue weighted by Crippen LogP contribution is 2.10. The number of sulfone groups is 1. The van der Waals surface area contributed by atoms with Gasteiger partial charge in [-0.1, -0.05) is 24.3 Å². The SMILES string of the molecule is O=S1(=O)C=CC(NCc2ccn(-c3ccccc3)n2)C1. The van der Waals surface area contributed by atoms with Crippen molar-refractivity contribution in [2.24, 2.45) is 0 Å². The fourth-order valence-corrected chi connectivity index (χ4v) is 3.39. The standard InChI is InChI=1S/C14H15N3O2S/c18-20(19)9-7-13(11-20)15-10-12-6-8-17(16-12)14-4-2-1-3-5-14/h1-9,13,15H,10-11H2. The molecule has 104 valence electrons. The number of rotatable bonds is 4. The van der Waals surface area contributed by atoms with E-state index in [1.807, 2.05) is 42.6 Å². The highest BCUT2D eigenvalue weighted by Gasteiger charge is 2.21. The third kappa shape index (κ3) is 2.97. The van der Waals surface area contributed by atoms with Gasteiger partial charge < -0.3 is 5.32 Å². The van der Waals surface area contributed by atoms with E-state index in [1.54, 1.807) is 10.8 Å². The number of benzene rings is 1. The maximum atomic E-state index is 11.3. The molecular weight excluding hydrogens is 274 g/mol. The summed E-state index contributed by atoms with van der Waals surface area (Å²) in [5.41, 5.74) is 1.88. The molecule has 20 heavy (non-hydrogen) atoms. The van der Waals surface area contributed by atoms with Crippen molar-refractivity contribution in [3.63, 3.8) is 0 Å². The van der Waals surface area contributed by atoms with Crippen molar-refractivity contribution in [2.45, 2.75) is 12.6 Å². The highest BCUT2D eigenvalue weighted by molar-refractivity contribution is 7.94. The maximum Gasteiger partial charge on any atom is 0.173 e. The number of nitrogens with zero attached hydrogens (tertiary/aromatic N) is 2. The van der Waals surface area contributed by atoms with Crippen molar-refractivity contribution in [3.8, 4) is 5.69 Å². The molecule has 1 aliphatic heterocycles. The summed E-state index contributed by atoms with van der Waals surface area (Å²) in [5, 5.41) is 8.91. The zero-order chi connectivity index (χ0) is 14.0. The van der Waals surface area contributed by atoms with Gasteiger partial charge in [-0.2, -0.15) is 5.10 Å². The zero-order valence-corrected chi connectivity index (χ0v) is 11.6. The van der Waals surface area contributed by atoms with Gasteiger partial charge in [0, 0.05) is 24.2 Å². The van der Waals surface area contributed by atoms with E-state index in [4.69, 9.17) is 0 Å². The number of nitrogens with one attached hydrogen (secondary N) is 1. The quantitative estimate of drug-likeness (QED) is 0.920. The Labute approximate surface area is 117 Å². The molecule has 1 aliphatic rings. The minimum atomic E-state index is -3.01. The highest BCUT2D eigenvalue weighted by atomic mass is 32.2. The van der Waals surface area contributed by atoms with Gasteiger partial charge in [0.1, 0.15) is 0 Å². The van der Waals surface area contributed by atoms with Crippen LogP contribution in [0.1, 0.15) is 5.69 Å². The van der Waals surface area contributed by atoms with Crippen molar-refractivity contribution in [1.29, 1.82) is 0 Å². The van der Waals surface area contributed by atoms with Crippen molar-refractivity contribution < 1.29 is 8.42 Å². The van der Waals surface area contributed by atoms with Gasteiger partial charge in [-0.15, -0.1) is 0 Å². The predicted octanol–water partition coefficient (Wildman–Crippen LogP) is 1.27. The molecule has 0 bridgehead atoms. The number of para-hydroxylation sites is 1. The lowest BCUT2D eigenvalue weighted by Crippen LogP contribution is -2.29. The molecule has 0 fully saturated rings. The van der Waals surface area contributed by atoms with Gasteiger partial charge in [-0.3, -0.25) is 0 Å². The monoisotopic (exact) mass is 289 g/mol. The summed E-state index contributed by atoms with van der Waals surface area (Å²) >= 11 is 0. The fraction of sp³-hybridized carbons (Fsp3) is 0.214. The Hall–Kier alpha value is -1.92. The molecule has 2 heterocycles. The molecule has 2 aromatic rings. The van der Waals surface area contributed by atoms with Crippen LogP contribution < -0.4 is 5.32 Å². The van der Waals surface area contributed by atoms with Crippen LogP contribution in [-0.2, 0) is 16.4 Å². The summed E-state index contributed by atoms with van der Waals surface area (Å²) in [6, 6.07) is 11.6. The normalized spacial score (nSPS) is 20.3. The molecule has 6 heteroatoms. The summed E-state index contributed by atoms with van der Waals surface area (Å²) in [4.78, 5) is 0. The first kappa shape index (κ1) is 13.1. The van der Waals surface area contributed by atoms with Gasteiger partial charge in [0.25, 0.3) is 0 Å². The van der Waals surface area contributed by atoms with Crippen LogP contribution in [-0.4, -0.2) is 30.0 Å². The maximum absolute atomic E-state index is 11.3. The Morgan fingerprint density at radius 3 is 2.75 bits per heavy atom. The molecule has 1 N–H and O–H groups in total. The summed E-state index contributed by atoms with van der Waals surface area (Å²) < 4.78 is 24.4. The van der Waals surface area contributed by atoms with Crippen LogP contribution in [0.25, 0.3) is 5.69 Å². The smallest absolute Gasteiger partial charge is 0.173 e. The average molecular weight is 289 g/mol. The van der Waals surface area contributed by atoms with Crippen LogP contribution in [0.5, 0.6) is 0 Å². The molecule has 1 unspecified atom stereocenters. The van der Waals surface area contributed by atoms with Crippen molar-refractivity contribution in [3.05, 3.63) is 59.8 Å². The Morgan fingerprint density at radius 2 is 2.05 bits per heavy atom. The molecular formula is C14H15N3O2S.